The summed E-state index contributed by atoms with van der Waals surface area (Å²) in [6, 6.07) is 4.96. The Morgan fingerprint density at radius 2 is 2.26 bits per heavy atom. The Balaban J connectivity index is 1.57. The van der Waals surface area contributed by atoms with Gasteiger partial charge in [0.25, 0.3) is 0 Å². The Morgan fingerprint density at radius 1 is 1.37 bits per heavy atom. The van der Waals surface area contributed by atoms with Crippen molar-refractivity contribution in [3.63, 3.8) is 0 Å². The van der Waals surface area contributed by atoms with Gasteiger partial charge in [0.2, 0.25) is 0 Å². The SMILES string of the molecule is CCC1CN(c2ccc(CNC3CC3)nn2)CCS1. The average Bonchev–Trinajstić information content (AvgIpc) is 3.30. The molecule has 1 saturated heterocycles. The van der Waals surface area contributed by atoms with Crippen molar-refractivity contribution < 1.29 is 0 Å². The molecule has 1 N–H and O–H groups in total. The largest absolute Gasteiger partial charge is 0.353 e. The zero-order valence-electron chi connectivity index (χ0n) is 11.5. The lowest BCUT2D eigenvalue weighted by Gasteiger charge is -2.32. The van der Waals surface area contributed by atoms with Crippen molar-refractivity contribution in [2.75, 3.05) is 23.7 Å². The van der Waals surface area contributed by atoms with Crippen LogP contribution in [-0.2, 0) is 6.54 Å². The van der Waals surface area contributed by atoms with E-state index < -0.39 is 0 Å². The highest BCUT2D eigenvalue weighted by atomic mass is 32.2. The number of aromatic nitrogens is 2. The van der Waals surface area contributed by atoms with Gasteiger partial charge in [0.1, 0.15) is 0 Å². The molecule has 0 radical (unpaired) electrons. The summed E-state index contributed by atoms with van der Waals surface area (Å²) < 4.78 is 0. The highest BCUT2D eigenvalue weighted by molar-refractivity contribution is 8.00. The van der Waals surface area contributed by atoms with Gasteiger partial charge in [-0.25, -0.2) is 0 Å². The minimum atomic E-state index is 0.728. The lowest BCUT2D eigenvalue weighted by atomic mass is 10.3. The van der Waals surface area contributed by atoms with Crippen molar-refractivity contribution in [2.45, 2.75) is 44.0 Å². The molecular weight excluding hydrogens is 256 g/mol. The summed E-state index contributed by atoms with van der Waals surface area (Å²) in [6.07, 6.45) is 3.86. The quantitative estimate of drug-likeness (QED) is 0.893. The minimum absolute atomic E-state index is 0.728. The van der Waals surface area contributed by atoms with Crippen LogP contribution in [0.4, 0.5) is 5.82 Å². The van der Waals surface area contributed by atoms with Gasteiger partial charge in [-0.3, -0.25) is 0 Å². The Morgan fingerprint density at radius 3 is 2.95 bits per heavy atom. The molecule has 19 heavy (non-hydrogen) atoms. The van der Waals surface area contributed by atoms with Crippen LogP contribution >= 0.6 is 11.8 Å². The van der Waals surface area contributed by atoms with Crippen molar-refractivity contribution in [1.29, 1.82) is 0 Å². The summed E-state index contributed by atoms with van der Waals surface area (Å²) in [5.74, 6) is 2.24. The number of rotatable bonds is 5. The van der Waals surface area contributed by atoms with Gasteiger partial charge in [-0.05, 0) is 31.4 Å². The Labute approximate surface area is 119 Å². The van der Waals surface area contributed by atoms with Crippen molar-refractivity contribution in [3.05, 3.63) is 17.8 Å². The van der Waals surface area contributed by atoms with Gasteiger partial charge < -0.3 is 10.2 Å². The molecule has 0 aromatic carbocycles. The van der Waals surface area contributed by atoms with Crippen LogP contribution in [0, 0.1) is 0 Å². The predicted molar refractivity (Wildman–Crippen MR) is 80.6 cm³/mol. The molecule has 0 spiro atoms. The summed E-state index contributed by atoms with van der Waals surface area (Å²) in [4.78, 5) is 2.37. The van der Waals surface area contributed by atoms with Crippen LogP contribution in [0.1, 0.15) is 31.9 Å². The van der Waals surface area contributed by atoms with Gasteiger partial charge in [0, 0.05) is 36.7 Å². The fraction of sp³-hybridized carbons (Fsp3) is 0.714. The molecule has 4 nitrogen and oxygen atoms in total. The Bertz CT molecular complexity index is 404. The summed E-state index contributed by atoms with van der Waals surface area (Å²) >= 11 is 2.08. The molecule has 0 bridgehead atoms. The number of thioether (sulfide) groups is 1. The van der Waals surface area contributed by atoms with Crippen molar-refractivity contribution in [2.24, 2.45) is 0 Å². The third-order valence-corrected chi connectivity index (χ3v) is 5.15. The van der Waals surface area contributed by atoms with Crippen LogP contribution in [-0.4, -0.2) is 40.3 Å². The standard InChI is InChI=1S/C14H22N4S/c1-2-13-10-18(7-8-19-13)14-6-5-12(16-17-14)9-15-11-3-4-11/h5-6,11,13,15H,2-4,7-10H2,1H3. The second-order valence-electron chi connectivity index (χ2n) is 5.39. The first kappa shape index (κ1) is 13.2. The first-order chi connectivity index (χ1) is 9.35. The number of anilines is 1. The molecule has 1 aliphatic carbocycles. The number of hydrogen-bond donors (Lipinski definition) is 1. The van der Waals surface area contributed by atoms with Crippen LogP contribution < -0.4 is 10.2 Å². The van der Waals surface area contributed by atoms with Crippen molar-refractivity contribution in [3.8, 4) is 0 Å². The molecule has 2 aliphatic rings. The maximum Gasteiger partial charge on any atom is 0.151 e. The lowest BCUT2D eigenvalue weighted by molar-refractivity contribution is 0.660. The fourth-order valence-corrected chi connectivity index (χ4v) is 3.51. The molecule has 5 heteroatoms. The molecule has 1 aliphatic heterocycles. The molecule has 1 aromatic rings. The van der Waals surface area contributed by atoms with Gasteiger partial charge >= 0.3 is 0 Å². The van der Waals surface area contributed by atoms with Crippen LogP contribution in [0.2, 0.25) is 0 Å². The topological polar surface area (TPSA) is 41.0 Å². The van der Waals surface area contributed by atoms with Gasteiger partial charge in [-0.1, -0.05) is 6.92 Å². The highest BCUT2D eigenvalue weighted by Gasteiger charge is 2.21. The van der Waals surface area contributed by atoms with E-state index >= 15 is 0 Å². The average molecular weight is 278 g/mol. The molecule has 2 heterocycles. The van der Waals surface area contributed by atoms with E-state index in [-0.39, 0.29) is 0 Å². The molecule has 1 saturated carbocycles. The zero-order valence-corrected chi connectivity index (χ0v) is 12.3. The molecule has 1 unspecified atom stereocenters. The monoisotopic (exact) mass is 278 g/mol. The predicted octanol–water partition coefficient (Wildman–Crippen LogP) is 2.06. The maximum absolute atomic E-state index is 4.40. The normalized spacial score (nSPS) is 23.6. The number of nitrogens with zero attached hydrogens (tertiary/aromatic N) is 3. The van der Waals surface area contributed by atoms with E-state index in [4.69, 9.17) is 0 Å². The van der Waals surface area contributed by atoms with Crippen LogP contribution in [0.25, 0.3) is 0 Å². The smallest absolute Gasteiger partial charge is 0.151 e. The molecule has 2 fully saturated rings. The molecule has 1 aromatic heterocycles. The summed E-state index contributed by atoms with van der Waals surface area (Å²) in [5.41, 5.74) is 1.05. The van der Waals surface area contributed by atoms with Crippen LogP contribution in [0.3, 0.4) is 0 Å². The van der Waals surface area contributed by atoms with Gasteiger partial charge in [0.05, 0.1) is 5.69 Å². The first-order valence-electron chi connectivity index (χ1n) is 7.27. The summed E-state index contributed by atoms with van der Waals surface area (Å²) in [6.45, 7) is 5.32. The molecule has 3 rings (SSSR count). The highest BCUT2D eigenvalue weighted by Crippen LogP contribution is 2.24. The number of nitrogens with one attached hydrogen (secondary N) is 1. The van der Waals surface area contributed by atoms with Crippen molar-refractivity contribution >= 4 is 17.6 Å². The molecule has 1 atom stereocenters. The van der Waals surface area contributed by atoms with E-state index in [1.165, 1.54) is 25.0 Å². The second kappa shape index (κ2) is 6.09. The Hall–Kier alpha value is -0.810. The molecule has 0 amide bonds. The third kappa shape index (κ3) is 3.60. The van der Waals surface area contributed by atoms with E-state index in [1.807, 2.05) is 0 Å². The van der Waals surface area contributed by atoms with Crippen molar-refractivity contribution in [1.82, 2.24) is 15.5 Å². The Kier molecular flexibility index (Phi) is 4.23. The van der Waals surface area contributed by atoms with Crippen LogP contribution in [0.5, 0.6) is 0 Å². The van der Waals surface area contributed by atoms with Gasteiger partial charge in [-0.15, -0.1) is 5.10 Å². The van der Waals surface area contributed by atoms with E-state index in [0.717, 1.165) is 42.4 Å². The summed E-state index contributed by atoms with van der Waals surface area (Å²) in [5, 5.41) is 13.0. The van der Waals surface area contributed by atoms with E-state index in [0.29, 0.717) is 0 Å². The number of hydrogen-bond acceptors (Lipinski definition) is 5. The lowest BCUT2D eigenvalue weighted by Crippen LogP contribution is -2.38. The second-order valence-corrected chi connectivity index (χ2v) is 6.79. The van der Waals surface area contributed by atoms with E-state index in [1.54, 1.807) is 0 Å². The van der Waals surface area contributed by atoms with Crippen LogP contribution in [0.15, 0.2) is 12.1 Å². The van der Waals surface area contributed by atoms with Gasteiger partial charge in [0.15, 0.2) is 5.82 Å². The minimum Gasteiger partial charge on any atom is -0.353 e. The zero-order chi connectivity index (χ0) is 13.1. The fourth-order valence-electron chi connectivity index (χ4n) is 2.33. The van der Waals surface area contributed by atoms with E-state index in [2.05, 4.69) is 51.2 Å². The third-order valence-electron chi connectivity index (χ3n) is 3.77. The summed E-state index contributed by atoms with van der Waals surface area (Å²) in [7, 11) is 0. The molecular formula is C14H22N4S. The molecule has 104 valence electrons. The first-order valence-corrected chi connectivity index (χ1v) is 8.32. The van der Waals surface area contributed by atoms with Gasteiger partial charge in [-0.2, -0.15) is 16.9 Å². The van der Waals surface area contributed by atoms with E-state index in [9.17, 15) is 0 Å². The maximum atomic E-state index is 4.40.